The molecule has 2 saturated heterocycles. The number of thioether (sulfide) groups is 1. The quantitative estimate of drug-likeness (QED) is 0.573. The lowest BCUT2D eigenvalue weighted by Gasteiger charge is -2.38. The molecule has 0 aliphatic carbocycles. The molecule has 0 radical (unpaired) electrons. The van der Waals surface area contributed by atoms with E-state index < -0.39 is 0 Å². The zero-order valence-electron chi connectivity index (χ0n) is 18.1. The molecule has 4 heterocycles. The van der Waals surface area contributed by atoms with E-state index in [-0.39, 0.29) is 18.2 Å². The molecule has 4 N–H and O–H groups in total. The number of nitrogens with two attached hydrogens (primary N) is 1. The fourth-order valence-electron chi connectivity index (χ4n) is 4.56. The van der Waals surface area contributed by atoms with Gasteiger partial charge in [0.15, 0.2) is 11.6 Å². The summed E-state index contributed by atoms with van der Waals surface area (Å²) < 4.78 is 6.03. The van der Waals surface area contributed by atoms with Crippen molar-refractivity contribution in [3.05, 3.63) is 42.2 Å². The highest BCUT2D eigenvalue weighted by Crippen LogP contribution is 2.38. The fraction of sp³-hybridized carbons (Fsp3) is 0.545. The fourth-order valence-corrected chi connectivity index (χ4v) is 5.74. The zero-order chi connectivity index (χ0) is 21.9. The lowest BCUT2D eigenvalue weighted by Crippen LogP contribution is -2.54. The third-order valence-electron chi connectivity index (χ3n) is 6.28. The van der Waals surface area contributed by atoms with E-state index in [1.165, 1.54) is 11.9 Å². The predicted octanol–water partition coefficient (Wildman–Crippen LogP) is 2.13. The van der Waals surface area contributed by atoms with Gasteiger partial charge in [-0.2, -0.15) is 11.8 Å². The maximum absolute atomic E-state index is 10.7. The van der Waals surface area contributed by atoms with Gasteiger partial charge in [0, 0.05) is 37.1 Å². The first-order chi connectivity index (χ1) is 15.7. The average molecular weight is 458 g/mol. The number of nitrogens with one attached hydrogen (secondary N) is 1. The number of fused-ring (bicyclic) bond motifs is 1. The monoisotopic (exact) mass is 457 g/mol. The minimum Gasteiger partial charge on any atom is -0.391 e. The Labute approximate surface area is 192 Å². The van der Waals surface area contributed by atoms with Crippen LogP contribution in [0.2, 0.25) is 0 Å². The number of β-amino-alcohol motifs (C(OH)–C–C–N with tert-alkyl or cyclic N) is 1. The van der Waals surface area contributed by atoms with Crippen molar-refractivity contribution >= 4 is 29.1 Å². The van der Waals surface area contributed by atoms with Crippen LogP contribution in [0.1, 0.15) is 24.8 Å². The van der Waals surface area contributed by atoms with Gasteiger partial charge < -0.3 is 15.6 Å². The number of hydrazine groups is 2. The summed E-state index contributed by atoms with van der Waals surface area (Å²) in [5, 5.41) is 14.8. The highest BCUT2D eigenvalue weighted by atomic mass is 32.2. The number of nitrogens with zero attached hydrogens (tertiary/aromatic N) is 5. The Morgan fingerprint density at radius 1 is 1.19 bits per heavy atom. The highest BCUT2D eigenvalue weighted by molar-refractivity contribution is 7.98. The minimum atomic E-state index is -0.330. The van der Waals surface area contributed by atoms with Crippen LogP contribution in [-0.4, -0.2) is 69.5 Å². The first-order valence-corrected chi connectivity index (χ1v) is 12.4. The number of nitrogen functional groups attached to an aromatic ring is 1. The number of hydrogen-bond acceptors (Lipinski definition) is 10. The van der Waals surface area contributed by atoms with Crippen LogP contribution in [-0.2, 0) is 10.5 Å². The Bertz CT molecular complexity index is 899. The topological polar surface area (TPSA) is 103 Å². The van der Waals surface area contributed by atoms with Crippen LogP contribution < -0.4 is 16.2 Å². The number of benzene rings is 1. The second kappa shape index (κ2) is 9.80. The number of aliphatic hydroxyl groups excluding tert-OH is 1. The van der Waals surface area contributed by atoms with Gasteiger partial charge in [0.1, 0.15) is 18.2 Å². The molecule has 2 aromatic rings. The van der Waals surface area contributed by atoms with Gasteiger partial charge in [-0.15, -0.1) is 5.12 Å². The Morgan fingerprint density at radius 3 is 2.88 bits per heavy atom. The van der Waals surface area contributed by atoms with Crippen LogP contribution in [0.15, 0.2) is 36.7 Å². The van der Waals surface area contributed by atoms with E-state index in [1.807, 2.05) is 22.9 Å². The van der Waals surface area contributed by atoms with Crippen molar-refractivity contribution in [3.63, 3.8) is 0 Å². The molecule has 1 aromatic carbocycles. The van der Waals surface area contributed by atoms with Crippen molar-refractivity contribution in [2.75, 3.05) is 48.3 Å². The number of hydrogen-bond donors (Lipinski definition) is 3. The second-order valence-corrected chi connectivity index (χ2v) is 9.67. The van der Waals surface area contributed by atoms with Crippen LogP contribution in [0.25, 0.3) is 0 Å². The lowest BCUT2D eigenvalue weighted by atomic mass is 10.1. The van der Waals surface area contributed by atoms with Crippen LogP contribution in [0.4, 0.5) is 17.3 Å². The van der Waals surface area contributed by atoms with Crippen LogP contribution in [0, 0.1) is 5.92 Å². The Balaban J connectivity index is 1.23. The molecule has 32 heavy (non-hydrogen) atoms. The van der Waals surface area contributed by atoms with Gasteiger partial charge >= 0.3 is 0 Å². The van der Waals surface area contributed by atoms with Crippen molar-refractivity contribution in [2.45, 2.75) is 37.3 Å². The molecule has 9 nitrogen and oxygen atoms in total. The number of rotatable bonds is 7. The van der Waals surface area contributed by atoms with E-state index in [1.54, 1.807) is 0 Å². The summed E-state index contributed by atoms with van der Waals surface area (Å²) in [6, 6.07) is 10.5. The Morgan fingerprint density at radius 2 is 2.06 bits per heavy atom. The second-order valence-electron chi connectivity index (χ2n) is 8.64. The van der Waals surface area contributed by atoms with Gasteiger partial charge in [-0.1, -0.05) is 30.3 Å². The van der Waals surface area contributed by atoms with Crippen molar-refractivity contribution in [3.8, 4) is 0 Å². The van der Waals surface area contributed by atoms with Crippen molar-refractivity contribution < 1.29 is 9.84 Å². The molecular formula is C22H31N7O2S. The van der Waals surface area contributed by atoms with E-state index in [9.17, 15) is 5.11 Å². The molecule has 0 amide bonds. The van der Waals surface area contributed by atoms with Crippen molar-refractivity contribution in [1.82, 2.24) is 20.0 Å². The average Bonchev–Trinajstić information content (AvgIpc) is 3.36. The highest BCUT2D eigenvalue weighted by Gasteiger charge is 2.40. The van der Waals surface area contributed by atoms with E-state index in [2.05, 4.69) is 49.6 Å². The molecule has 5 rings (SSSR count). The molecule has 172 valence electrons. The summed E-state index contributed by atoms with van der Waals surface area (Å²) in [6.45, 7) is 2.83. The van der Waals surface area contributed by atoms with Gasteiger partial charge in [-0.05, 0) is 24.8 Å². The van der Waals surface area contributed by atoms with Crippen molar-refractivity contribution in [2.24, 2.45) is 5.92 Å². The third kappa shape index (κ3) is 4.65. The zero-order valence-corrected chi connectivity index (χ0v) is 19.0. The number of anilines is 3. The summed E-state index contributed by atoms with van der Waals surface area (Å²) in [7, 11) is 0. The standard InChI is InChI=1S/C22H31N7O2S/c23-21-20-22(25-14-24-21)28(29(26-20)19-8-4-5-9-31-19)15-27-10-17(18(30)11-27)13-32-12-16-6-2-1-3-7-16/h1-3,6-7,14,17-19,26,30H,4-5,8-13,15H2,(H2,23,24,25)/t17-,18+,19?/m1/s1. The van der Waals surface area contributed by atoms with Gasteiger partial charge in [-0.3, -0.25) is 15.3 Å². The summed E-state index contributed by atoms with van der Waals surface area (Å²) in [4.78, 5) is 10.9. The van der Waals surface area contributed by atoms with Gasteiger partial charge in [0.05, 0.1) is 12.8 Å². The molecule has 3 aliphatic heterocycles. The SMILES string of the molecule is Nc1ncnc2c1NN(C1CCCCO1)N2CN1C[C@H](CSCc2ccccc2)[C@@H](O)C1. The number of aromatic nitrogens is 2. The van der Waals surface area contributed by atoms with Gasteiger partial charge in [0.2, 0.25) is 0 Å². The molecule has 1 unspecified atom stereocenters. The van der Waals surface area contributed by atoms with Crippen LogP contribution in [0.3, 0.4) is 0 Å². The van der Waals surface area contributed by atoms with E-state index >= 15 is 0 Å². The smallest absolute Gasteiger partial charge is 0.176 e. The summed E-state index contributed by atoms with van der Waals surface area (Å²) >= 11 is 1.89. The number of aliphatic hydroxyl groups is 1. The van der Waals surface area contributed by atoms with Crippen LogP contribution in [0.5, 0.6) is 0 Å². The summed E-state index contributed by atoms with van der Waals surface area (Å²) in [6.07, 6.45) is 4.23. The first kappa shape index (κ1) is 21.7. The molecule has 1 aromatic heterocycles. The Hall–Kier alpha value is -2.11. The molecule has 0 bridgehead atoms. The van der Waals surface area contributed by atoms with Crippen LogP contribution >= 0.6 is 11.8 Å². The maximum atomic E-state index is 10.7. The molecule has 0 saturated carbocycles. The summed E-state index contributed by atoms with van der Waals surface area (Å²) in [5.41, 5.74) is 11.5. The minimum absolute atomic E-state index is 0.0814. The first-order valence-electron chi connectivity index (χ1n) is 11.3. The third-order valence-corrected chi connectivity index (χ3v) is 7.48. The molecular weight excluding hydrogens is 426 g/mol. The van der Waals surface area contributed by atoms with Gasteiger partial charge in [0.25, 0.3) is 0 Å². The molecule has 2 fully saturated rings. The van der Waals surface area contributed by atoms with E-state index in [0.29, 0.717) is 19.0 Å². The summed E-state index contributed by atoms with van der Waals surface area (Å²) in [5.74, 6) is 3.33. The Kier molecular flexibility index (Phi) is 6.65. The van der Waals surface area contributed by atoms with Crippen molar-refractivity contribution in [1.29, 1.82) is 0 Å². The number of ether oxygens (including phenoxy) is 1. The normalized spacial score (nSPS) is 26.3. The predicted molar refractivity (Wildman–Crippen MR) is 127 cm³/mol. The molecule has 3 aliphatic rings. The van der Waals surface area contributed by atoms with E-state index in [4.69, 9.17) is 10.5 Å². The largest absolute Gasteiger partial charge is 0.391 e. The maximum Gasteiger partial charge on any atom is 0.176 e. The van der Waals surface area contributed by atoms with E-state index in [0.717, 1.165) is 55.4 Å². The molecule has 10 heteroatoms. The molecule has 0 spiro atoms. The number of likely N-dealkylation sites (tertiary alicyclic amines) is 1. The lowest BCUT2D eigenvalue weighted by molar-refractivity contribution is -0.0805. The van der Waals surface area contributed by atoms with Gasteiger partial charge in [-0.25, -0.2) is 9.97 Å². The molecule has 3 atom stereocenters.